The summed E-state index contributed by atoms with van der Waals surface area (Å²) in [6, 6.07) is 9.49. The first kappa shape index (κ1) is 17.1. The monoisotopic (exact) mass is 370 g/mol. The second-order valence-electron chi connectivity index (χ2n) is 6.42. The lowest BCUT2D eigenvalue weighted by molar-refractivity contribution is 0.0175. The fraction of sp³-hybridized carbons (Fsp3) is 0.211. The van der Waals surface area contributed by atoms with Crippen LogP contribution in [-0.2, 0) is 12.5 Å². The maximum Gasteiger partial charge on any atom is 0.350 e. The molecule has 0 aliphatic rings. The van der Waals surface area contributed by atoms with E-state index in [0.29, 0.717) is 17.3 Å². The highest BCUT2D eigenvalue weighted by Gasteiger charge is 2.23. The Balaban J connectivity index is 1.70. The van der Waals surface area contributed by atoms with Gasteiger partial charge in [-0.1, -0.05) is 24.3 Å². The Labute approximate surface area is 152 Å². The van der Waals surface area contributed by atoms with Crippen molar-refractivity contribution in [1.29, 1.82) is 0 Å². The van der Waals surface area contributed by atoms with E-state index >= 15 is 0 Å². The SMILES string of the molecule is Cc1cnc(Cn2nc3ccc(-c4ccc(C(C)(F)F)cc4)cn3c2=O)o1. The second-order valence-corrected chi connectivity index (χ2v) is 6.42. The third kappa shape index (κ3) is 3.25. The molecule has 0 fully saturated rings. The molecule has 0 aliphatic carbocycles. The first-order valence-electron chi connectivity index (χ1n) is 8.30. The van der Waals surface area contributed by atoms with Crippen LogP contribution in [0.2, 0.25) is 0 Å². The number of halogens is 2. The lowest BCUT2D eigenvalue weighted by Crippen LogP contribution is -2.21. The van der Waals surface area contributed by atoms with Crippen LogP contribution in [0.25, 0.3) is 16.8 Å². The van der Waals surface area contributed by atoms with Crippen molar-refractivity contribution >= 4 is 5.65 Å². The van der Waals surface area contributed by atoms with Crippen LogP contribution in [0.1, 0.15) is 24.1 Å². The Hall–Kier alpha value is -3.29. The molecule has 4 aromatic rings. The first-order valence-corrected chi connectivity index (χ1v) is 8.30. The maximum atomic E-state index is 13.4. The van der Waals surface area contributed by atoms with E-state index in [1.165, 1.54) is 21.2 Å². The number of oxazole rings is 1. The molecule has 0 atom stereocenters. The number of alkyl halides is 2. The molecular formula is C19H16F2N4O2. The molecule has 138 valence electrons. The van der Waals surface area contributed by atoms with E-state index in [1.807, 2.05) is 0 Å². The van der Waals surface area contributed by atoms with Crippen LogP contribution < -0.4 is 5.69 Å². The van der Waals surface area contributed by atoms with E-state index in [-0.39, 0.29) is 17.8 Å². The third-order valence-electron chi connectivity index (χ3n) is 4.26. The summed E-state index contributed by atoms with van der Waals surface area (Å²) in [6.45, 7) is 2.76. The smallest absolute Gasteiger partial charge is 0.350 e. The molecule has 3 aromatic heterocycles. The minimum Gasteiger partial charge on any atom is -0.444 e. The predicted octanol–water partition coefficient (Wildman–Crippen LogP) is 3.62. The van der Waals surface area contributed by atoms with Gasteiger partial charge in [0.25, 0.3) is 5.92 Å². The number of hydrogen-bond donors (Lipinski definition) is 0. The molecule has 0 aliphatic heterocycles. The summed E-state index contributed by atoms with van der Waals surface area (Å²) in [4.78, 5) is 16.7. The average Bonchev–Trinajstić information content (AvgIpc) is 3.18. The number of aryl methyl sites for hydroxylation is 1. The highest BCUT2D eigenvalue weighted by Crippen LogP contribution is 2.29. The molecule has 0 spiro atoms. The molecule has 0 N–H and O–H groups in total. The van der Waals surface area contributed by atoms with Gasteiger partial charge in [0, 0.05) is 18.7 Å². The van der Waals surface area contributed by atoms with Crippen LogP contribution in [0.5, 0.6) is 0 Å². The van der Waals surface area contributed by atoms with E-state index in [2.05, 4.69) is 10.1 Å². The van der Waals surface area contributed by atoms with E-state index in [9.17, 15) is 13.6 Å². The van der Waals surface area contributed by atoms with Gasteiger partial charge in [0.1, 0.15) is 12.3 Å². The Morgan fingerprint density at radius 2 is 1.81 bits per heavy atom. The zero-order chi connectivity index (χ0) is 19.2. The van der Waals surface area contributed by atoms with Crippen LogP contribution in [0, 0.1) is 6.92 Å². The zero-order valence-electron chi connectivity index (χ0n) is 14.7. The number of nitrogens with zero attached hydrogens (tertiary/aromatic N) is 4. The van der Waals surface area contributed by atoms with Crippen LogP contribution in [0.4, 0.5) is 8.78 Å². The molecule has 6 nitrogen and oxygen atoms in total. The Morgan fingerprint density at radius 3 is 2.44 bits per heavy atom. The van der Waals surface area contributed by atoms with Gasteiger partial charge in [0.15, 0.2) is 5.65 Å². The van der Waals surface area contributed by atoms with Crippen LogP contribution >= 0.6 is 0 Å². The summed E-state index contributed by atoms with van der Waals surface area (Å²) in [6.07, 6.45) is 3.22. The molecule has 0 saturated carbocycles. The molecule has 27 heavy (non-hydrogen) atoms. The fourth-order valence-electron chi connectivity index (χ4n) is 2.85. The molecule has 4 rings (SSSR count). The molecule has 0 radical (unpaired) electrons. The summed E-state index contributed by atoms with van der Waals surface area (Å²) < 4.78 is 34.8. The topological polar surface area (TPSA) is 65.3 Å². The standard InChI is InChI=1S/C19H16F2N4O2/c1-12-9-22-17(27-12)11-25-18(26)24-10-14(5-8-16(24)23-25)13-3-6-15(7-4-13)19(2,20)21/h3-10H,11H2,1-2H3. The molecule has 3 heterocycles. The van der Waals surface area contributed by atoms with Crippen molar-refractivity contribution in [2.75, 3.05) is 0 Å². The van der Waals surface area contributed by atoms with Crippen LogP contribution in [0.15, 0.2) is 58.0 Å². The predicted molar refractivity (Wildman–Crippen MR) is 94.8 cm³/mol. The van der Waals surface area contributed by atoms with Crippen molar-refractivity contribution in [3.05, 3.63) is 76.5 Å². The molecule has 0 bridgehead atoms. The van der Waals surface area contributed by atoms with Crippen molar-refractivity contribution < 1.29 is 13.2 Å². The van der Waals surface area contributed by atoms with E-state index in [1.54, 1.807) is 43.6 Å². The molecule has 0 amide bonds. The number of pyridine rings is 1. The largest absolute Gasteiger partial charge is 0.444 e. The fourth-order valence-corrected chi connectivity index (χ4v) is 2.85. The third-order valence-corrected chi connectivity index (χ3v) is 4.26. The Kier molecular flexibility index (Phi) is 3.91. The van der Waals surface area contributed by atoms with E-state index < -0.39 is 5.92 Å². The summed E-state index contributed by atoms with van der Waals surface area (Å²) in [7, 11) is 0. The highest BCUT2D eigenvalue weighted by molar-refractivity contribution is 5.64. The molecule has 1 aromatic carbocycles. The summed E-state index contributed by atoms with van der Waals surface area (Å²) in [5.41, 5.74) is 1.54. The van der Waals surface area contributed by atoms with Crippen molar-refractivity contribution in [1.82, 2.24) is 19.2 Å². The minimum atomic E-state index is -2.89. The van der Waals surface area contributed by atoms with Gasteiger partial charge in [-0.15, -0.1) is 5.10 Å². The van der Waals surface area contributed by atoms with Gasteiger partial charge < -0.3 is 4.42 Å². The van der Waals surface area contributed by atoms with Crippen molar-refractivity contribution in [3.8, 4) is 11.1 Å². The Morgan fingerprint density at radius 1 is 1.11 bits per heavy atom. The number of fused-ring (bicyclic) bond motifs is 1. The normalized spacial score (nSPS) is 12.0. The molecule has 0 unspecified atom stereocenters. The number of aromatic nitrogens is 4. The van der Waals surface area contributed by atoms with E-state index in [4.69, 9.17) is 4.42 Å². The van der Waals surface area contributed by atoms with Gasteiger partial charge in [-0.2, -0.15) is 0 Å². The van der Waals surface area contributed by atoms with E-state index in [0.717, 1.165) is 18.1 Å². The highest BCUT2D eigenvalue weighted by atomic mass is 19.3. The lowest BCUT2D eigenvalue weighted by Gasteiger charge is -2.11. The Bertz CT molecular complexity index is 1170. The number of hydrogen-bond acceptors (Lipinski definition) is 4. The zero-order valence-corrected chi connectivity index (χ0v) is 14.7. The summed E-state index contributed by atoms with van der Waals surface area (Å²) >= 11 is 0. The average molecular weight is 370 g/mol. The molecular weight excluding hydrogens is 354 g/mol. The van der Waals surface area contributed by atoms with Gasteiger partial charge in [-0.25, -0.2) is 27.6 Å². The number of rotatable bonds is 4. The number of benzene rings is 1. The van der Waals surface area contributed by atoms with Crippen molar-refractivity contribution in [2.45, 2.75) is 26.3 Å². The van der Waals surface area contributed by atoms with Gasteiger partial charge >= 0.3 is 5.69 Å². The van der Waals surface area contributed by atoms with Crippen LogP contribution in [0.3, 0.4) is 0 Å². The van der Waals surface area contributed by atoms with Gasteiger partial charge in [0.05, 0.1) is 6.20 Å². The maximum absolute atomic E-state index is 13.4. The summed E-state index contributed by atoms with van der Waals surface area (Å²) in [5, 5.41) is 4.27. The minimum absolute atomic E-state index is 0.0569. The van der Waals surface area contributed by atoms with Crippen molar-refractivity contribution in [2.24, 2.45) is 0 Å². The molecule has 0 saturated heterocycles. The van der Waals surface area contributed by atoms with Gasteiger partial charge in [-0.05, 0) is 30.2 Å². The first-order chi connectivity index (χ1) is 12.8. The second kappa shape index (κ2) is 6.15. The lowest BCUT2D eigenvalue weighted by atomic mass is 10.0. The summed E-state index contributed by atoms with van der Waals surface area (Å²) in [5.74, 6) is -1.83. The van der Waals surface area contributed by atoms with Crippen LogP contribution in [-0.4, -0.2) is 19.2 Å². The van der Waals surface area contributed by atoms with Gasteiger partial charge in [-0.3, -0.25) is 0 Å². The van der Waals surface area contributed by atoms with Crippen molar-refractivity contribution in [3.63, 3.8) is 0 Å². The molecule has 8 heteroatoms. The quantitative estimate of drug-likeness (QED) is 0.550. The van der Waals surface area contributed by atoms with Gasteiger partial charge in [0.2, 0.25) is 5.89 Å².